The van der Waals surface area contributed by atoms with Crippen LogP contribution in [0.15, 0.2) is 22.7 Å². The number of nitrogens with one attached hydrogen (secondary N) is 1. The van der Waals surface area contributed by atoms with Crippen LogP contribution in [0.1, 0.15) is 5.56 Å². The van der Waals surface area contributed by atoms with Crippen molar-refractivity contribution in [3.05, 3.63) is 28.2 Å². The first-order chi connectivity index (χ1) is 6.50. The number of aryl methyl sites for hydroxylation is 1. The molecule has 1 aromatic carbocycles. The fraction of sp³-hybridized carbons (Fsp3) is 0.222. The summed E-state index contributed by atoms with van der Waals surface area (Å²) in [5.74, 6) is -0.433. The molecular formula is C9H8BrCl2NO. The van der Waals surface area contributed by atoms with E-state index in [2.05, 4.69) is 21.2 Å². The highest BCUT2D eigenvalue weighted by atomic mass is 79.9. The SMILES string of the molecule is Cc1ccc(NC(=O)C(Cl)Cl)c(Br)c1. The highest BCUT2D eigenvalue weighted by Gasteiger charge is 2.12. The van der Waals surface area contributed by atoms with Crippen molar-refractivity contribution in [1.82, 2.24) is 0 Å². The Hall–Kier alpha value is -0.250. The van der Waals surface area contributed by atoms with Crippen LogP contribution in [-0.4, -0.2) is 10.7 Å². The lowest BCUT2D eigenvalue weighted by atomic mass is 10.2. The molecule has 1 amide bonds. The first-order valence-corrected chi connectivity index (χ1v) is 5.52. The van der Waals surface area contributed by atoms with Crippen LogP contribution >= 0.6 is 39.1 Å². The van der Waals surface area contributed by atoms with Gasteiger partial charge >= 0.3 is 0 Å². The van der Waals surface area contributed by atoms with E-state index in [-0.39, 0.29) is 0 Å². The second kappa shape index (κ2) is 5.01. The van der Waals surface area contributed by atoms with Crippen molar-refractivity contribution < 1.29 is 4.79 Å². The summed E-state index contributed by atoms with van der Waals surface area (Å²) in [6.45, 7) is 1.96. The molecule has 76 valence electrons. The maximum Gasteiger partial charge on any atom is 0.257 e. The number of alkyl halides is 2. The third-order valence-corrected chi connectivity index (χ3v) is 2.63. The molecule has 0 aliphatic carbocycles. The maximum absolute atomic E-state index is 11.2. The number of halogens is 3. The van der Waals surface area contributed by atoms with Crippen LogP contribution in [0.3, 0.4) is 0 Å². The van der Waals surface area contributed by atoms with Crippen LogP contribution in [0.4, 0.5) is 5.69 Å². The van der Waals surface area contributed by atoms with Gasteiger partial charge in [-0.25, -0.2) is 0 Å². The Morgan fingerprint density at radius 3 is 2.64 bits per heavy atom. The topological polar surface area (TPSA) is 29.1 Å². The number of benzene rings is 1. The molecule has 0 spiro atoms. The molecule has 0 radical (unpaired) electrons. The summed E-state index contributed by atoms with van der Waals surface area (Å²) < 4.78 is 0.805. The lowest BCUT2D eigenvalue weighted by Gasteiger charge is -2.07. The fourth-order valence-corrected chi connectivity index (χ4v) is 1.61. The summed E-state index contributed by atoms with van der Waals surface area (Å²) in [4.78, 5) is 10.1. The molecule has 0 saturated carbocycles. The summed E-state index contributed by atoms with van der Waals surface area (Å²) >= 11 is 14.1. The van der Waals surface area contributed by atoms with Gasteiger partial charge in [-0.15, -0.1) is 0 Å². The van der Waals surface area contributed by atoms with Gasteiger partial charge in [0.05, 0.1) is 5.69 Å². The molecule has 0 aliphatic heterocycles. The Labute approximate surface area is 101 Å². The van der Waals surface area contributed by atoms with E-state index in [0.29, 0.717) is 5.69 Å². The van der Waals surface area contributed by atoms with Gasteiger partial charge in [0.15, 0.2) is 4.84 Å². The number of amides is 1. The van der Waals surface area contributed by atoms with Gasteiger partial charge in [0, 0.05) is 4.47 Å². The van der Waals surface area contributed by atoms with E-state index in [9.17, 15) is 4.79 Å². The van der Waals surface area contributed by atoms with Gasteiger partial charge < -0.3 is 5.32 Å². The van der Waals surface area contributed by atoms with Crippen molar-refractivity contribution in [2.24, 2.45) is 0 Å². The molecule has 1 aromatic rings. The third kappa shape index (κ3) is 3.15. The van der Waals surface area contributed by atoms with E-state index < -0.39 is 10.7 Å². The lowest BCUT2D eigenvalue weighted by Crippen LogP contribution is -2.18. The Kier molecular flexibility index (Phi) is 4.23. The molecule has 0 aliphatic rings. The Balaban J connectivity index is 2.82. The van der Waals surface area contributed by atoms with Crippen molar-refractivity contribution in [2.45, 2.75) is 11.8 Å². The predicted molar refractivity (Wildman–Crippen MR) is 63.0 cm³/mol. The average Bonchev–Trinajstić information content (AvgIpc) is 2.09. The highest BCUT2D eigenvalue weighted by Crippen LogP contribution is 2.23. The number of carbonyl (C=O) groups is 1. The number of anilines is 1. The van der Waals surface area contributed by atoms with Crippen LogP contribution in [0.2, 0.25) is 0 Å². The molecule has 0 unspecified atom stereocenters. The number of hydrogen-bond acceptors (Lipinski definition) is 1. The number of hydrogen-bond donors (Lipinski definition) is 1. The largest absolute Gasteiger partial charge is 0.323 e. The van der Waals surface area contributed by atoms with E-state index in [4.69, 9.17) is 23.2 Å². The van der Waals surface area contributed by atoms with Gasteiger partial charge in [-0.2, -0.15) is 0 Å². The minimum Gasteiger partial charge on any atom is -0.323 e. The van der Waals surface area contributed by atoms with Gasteiger partial charge in [0.2, 0.25) is 0 Å². The van der Waals surface area contributed by atoms with Crippen LogP contribution in [-0.2, 0) is 4.79 Å². The summed E-state index contributed by atoms with van der Waals surface area (Å²) in [5, 5.41) is 2.59. The Morgan fingerprint density at radius 2 is 2.14 bits per heavy atom. The van der Waals surface area contributed by atoms with Crippen molar-refractivity contribution >= 4 is 50.7 Å². The van der Waals surface area contributed by atoms with Crippen molar-refractivity contribution in [1.29, 1.82) is 0 Å². The third-order valence-electron chi connectivity index (χ3n) is 1.58. The first-order valence-electron chi connectivity index (χ1n) is 3.86. The van der Waals surface area contributed by atoms with E-state index in [1.165, 1.54) is 0 Å². The lowest BCUT2D eigenvalue weighted by molar-refractivity contribution is -0.114. The summed E-state index contributed by atoms with van der Waals surface area (Å²) in [7, 11) is 0. The molecule has 0 aromatic heterocycles. The molecular weight excluding hydrogens is 289 g/mol. The monoisotopic (exact) mass is 295 g/mol. The van der Waals surface area contributed by atoms with E-state index in [1.807, 2.05) is 19.1 Å². The molecule has 5 heteroatoms. The number of carbonyl (C=O) groups excluding carboxylic acids is 1. The fourth-order valence-electron chi connectivity index (χ4n) is 0.909. The molecule has 2 nitrogen and oxygen atoms in total. The molecule has 1 N–H and O–H groups in total. The smallest absolute Gasteiger partial charge is 0.257 e. The van der Waals surface area contributed by atoms with Crippen LogP contribution in [0, 0.1) is 6.92 Å². The zero-order valence-electron chi connectivity index (χ0n) is 7.35. The maximum atomic E-state index is 11.2. The molecule has 0 saturated heterocycles. The quantitative estimate of drug-likeness (QED) is 0.832. The van der Waals surface area contributed by atoms with Gasteiger partial charge in [-0.1, -0.05) is 29.3 Å². The van der Waals surface area contributed by atoms with Gasteiger partial charge in [0.25, 0.3) is 5.91 Å². The Bertz CT molecular complexity index is 355. The van der Waals surface area contributed by atoms with E-state index in [0.717, 1.165) is 10.0 Å². The zero-order chi connectivity index (χ0) is 10.7. The number of rotatable bonds is 2. The molecule has 0 heterocycles. The minimum atomic E-state index is -1.05. The highest BCUT2D eigenvalue weighted by molar-refractivity contribution is 9.10. The van der Waals surface area contributed by atoms with E-state index in [1.54, 1.807) is 6.07 Å². The van der Waals surface area contributed by atoms with Crippen molar-refractivity contribution in [3.8, 4) is 0 Å². The zero-order valence-corrected chi connectivity index (χ0v) is 10.4. The summed E-state index contributed by atoms with van der Waals surface area (Å²) in [5.41, 5.74) is 1.76. The molecule has 0 atom stereocenters. The summed E-state index contributed by atoms with van der Waals surface area (Å²) in [6.07, 6.45) is 0. The van der Waals surface area contributed by atoms with Gasteiger partial charge in [0.1, 0.15) is 0 Å². The van der Waals surface area contributed by atoms with Crippen LogP contribution in [0.25, 0.3) is 0 Å². The van der Waals surface area contributed by atoms with Crippen molar-refractivity contribution in [2.75, 3.05) is 5.32 Å². The molecule has 14 heavy (non-hydrogen) atoms. The van der Waals surface area contributed by atoms with Gasteiger partial charge in [-0.3, -0.25) is 4.79 Å². The minimum absolute atomic E-state index is 0.433. The summed E-state index contributed by atoms with van der Waals surface area (Å²) in [6, 6.07) is 5.57. The molecule has 0 fully saturated rings. The standard InChI is InChI=1S/C9H8BrCl2NO/c1-5-2-3-7(6(10)4-5)13-9(14)8(11)12/h2-4,8H,1H3,(H,13,14). The van der Waals surface area contributed by atoms with Crippen LogP contribution < -0.4 is 5.32 Å². The molecule has 1 rings (SSSR count). The van der Waals surface area contributed by atoms with Gasteiger partial charge in [-0.05, 0) is 40.5 Å². The Morgan fingerprint density at radius 1 is 1.50 bits per heavy atom. The predicted octanol–water partition coefficient (Wildman–Crippen LogP) is 3.50. The van der Waals surface area contributed by atoms with E-state index >= 15 is 0 Å². The first kappa shape index (κ1) is 11.8. The second-order valence-electron chi connectivity index (χ2n) is 2.77. The normalized spacial score (nSPS) is 10.4. The van der Waals surface area contributed by atoms with Crippen LogP contribution in [0.5, 0.6) is 0 Å². The van der Waals surface area contributed by atoms with Crippen molar-refractivity contribution in [3.63, 3.8) is 0 Å². The second-order valence-corrected chi connectivity index (χ2v) is 4.72. The molecule has 0 bridgehead atoms. The average molecular weight is 297 g/mol.